The van der Waals surface area contributed by atoms with E-state index in [1.165, 1.54) is 0 Å². The highest BCUT2D eigenvalue weighted by Crippen LogP contribution is 2.22. The molecule has 100 valence electrons. The van der Waals surface area contributed by atoms with E-state index in [-0.39, 0.29) is 24.1 Å². The lowest BCUT2D eigenvalue weighted by Crippen LogP contribution is -2.48. The summed E-state index contributed by atoms with van der Waals surface area (Å²) in [4.78, 5) is 15.7. The summed E-state index contributed by atoms with van der Waals surface area (Å²) in [5.41, 5.74) is 0. The van der Waals surface area contributed by atoms with Crippen molar-refractivity contribution in [2.75, 3.05) is 20.6 Å². The van der Waals surface area contributed by atoms with Crippen LogP contribution in [0, 0.1) is 0 Å². The predicted molar refractivity (Wildman–Crippen MR) is 68.8 cm³/mol. The van der Waals surface area contributed by atoms with Crippen LogP contribution in [0.1, 0.15) is 39.5 Å². The fourth-order valence-corrected chi connectivity index (χ4v) is 2.34. The maximum absolute atomic E-state index is 11.9. The molecular formula is C13H26N2O2. The summed E-state index contributed by atoms with van der Waals surface area (Å²) < 4.78 is 0. The fraction of sp³-hybridized carbons (Fsp3) is 0.923. The lowest BCUT2D eigenvalue weighted by atomic mass is 9.91. The van der Waals surface area contributed by atoms with Gasteiger partial charge in [-0.05, 0) is 33.7 Å². The molecule has 0 saturated heterocycles. The van der Waals surface area contributed by atoms with E-state index < -0.39 is 0 Å². The van der Waals surface area contributed by atoms with Crippen LogP contribution in [0.3, 0.4) is 0 Å². The van der Waals surface area contributed by atoms with Crippen LogP contribution in [0.15, 0.2) is 0 Å². The molecule has 0 heterocycles. The van der Waals surface area contributed by atoms with Gasteiger partial charge in [-0.2, -0.15) is 0 Å². The standard InChI is InChI=1S/C13H26N2O2/c1-10(2)15(4)13(17)9-14(3)11-7-5-6-8-12(11)16/h10-12,16H,5-9H2,1-4H3. The highest BCUT2D eigenvalue weighted by Gasteiger charge is 2.28. The van der Waals surface area contributed by atoms with Crippen LogP contribution in [0.4, 0.5) is 0 Å². The van der Waals surface area contributed by atoms with E-state index in [4.69, 9.17) is 0 Å². The number of carbonyl (C=O) groups is 1. The van der Waals surface area contributed by atoms with Crippen LogP contribution in [-0.2, 0) is 4.79 Å². The third kappa shape index (κ3) is 3.96. The third-order valence-electron chi connectivity index (χ3n) is 3.81. The van der Waals surface area contributed by atoms with Gasteiger partial charge in [0, 0.05) is 19.1 Å². The topological polar surface area (TPSA) is 43.8 Å². The Balaban J connectivity index is 2.47. The minimum absolute atomic E-state index is 0.125. The summed E-state index contributed by atoms with van der Waals surface area (Å²) in [6, 6.07) is 0.375. The van der Waals surface area contributed by atoms with Gasteiger partial charge in [-0.1, -0.05) is 12.8 Å². The summed E-state index contributed by atoms with van der Waals surface area (Å²) >= 11 is 0. The first-order chi connectivity index (χ1) is 7.93. The van der Waals surface area contributed by atoms with Crippen LogP contribution in [0.5, 0.6) is 0 Å². The van der Waals surface area contributed by atoms with E-state index in [1.54, 1.807) is 4.90 Å². The number of hydrogen-bond acceptors (Lipinski definition) is 3. The van der Waals surface area contributed by atoms with Crippen molar-refractivity contribution in [2.45, 2.75) is 57.7 Å². The zero-order chi connectivity index (χ0) is 13.0. The zero-order valence-electron chi connectivity index (χ0n) is 11.5. The van der Waals surface area contributed by atoms with Gasteiger partial charge >= 0.3 is 0 Å². The molecular weight excluding hydrogens is 216 g/mol. The van der Waals surface area contributed by atoms with Crippen LogP contribution in [-0.4, -0.2) is 59.6 Å². The second-order valence-corrected chi connectivity index (χ2v) is 5.43. The van der Waals surface area contributed by atoms with Crippen molar-refractivity contribution in [3.8, 4) is 0 Å². The molecule has 1 N–H and O–H groups in total. The average Bonchev–Trinajstić information content (AvgIpc) is 2.28. The van der Waals surface area contributed by atoms with E-state index in [2.05, 4.69) is 0 Å². The number of nitrogens with zero attached hydrogens (tertiary/aromatic N) is 2. The molecule has 2 atom stereocenters. The van der Waals surface area contributed by atoms with Crippen molar-refractivity contribution >= 4 is 5.91 Å². The number of rotatable bonds is 4. The number of carbonyl (C=O) groups excluding carboxylic acids is 1. The molecule has 1 aliphatic rings. The minimum atomic E-state index is -0.272. The minimum Gasteiger partial charge on any atom is -0.391 e. The summed E-state index contributed by atoms with van der Waals surface area (Å²) in [5, 5.41) is 9.93. The summed E-state index contributed by atoms with van der Waals surface area (Å²) in [6.45, 7) is 4.41. The van der Waals surface area contributed by atoms with Crippen molar-refractivity contribution in [3.05, 3.63) is 0 Å². The Hall–Kier alpha value is -0.610. The molecule has 1 amide bonds. The third-order valence-corrected chi connectivity index (χ3v) is 3.81. The lowest BCUT2D eigenvalue weighted by Gasteiger charge is -2.35. The number of hydrogen-bond donors (Lipinski definition) is 1. The summed E-state index contributed by atoms with van der Waals surface area (Å²) in [5.74, 6) is 0.125. The molecule has 1 rings (SSSR count). The predicted octanol–water partition coefficient (Wildman–Crippen LogP) is 1.09. The highest BCUT2D eigenvalue weighted by atomic mass is 16.3. The molecule has 0 aromatic carbocycles. The van der Waals surface area contributed by atoms with E-state index in [1.807, 2.05) is 32.8 Å². The normalized spacial score (nSPS) is 25.4. The fourth-order valence-electron chi connectivity index (χ4n) is 2.34. The van der Waals surface area contributed by atoms with Crippen molar-refractivity contribution in [1.82, 2.24) is 9.80 Å². The maximum Gasteiger partial charge on any atom is 0.236 e. The van der Waals surface area contributed by atoms with Gasteiger partial charge < -0.3 is 10.0 Å². The van der Waals surface area contributed by atoms with Gasteiger partial charge in [0.2, 0.25) is 5.91 Å². The largest absolute Gasteiger partial charge is 0.391 e. The molecule has 17 heavy (non-hydrogen) atoms. The molecule has 0 spiro atoms. The number of aliphatic hydroxyl groups is 1. The summed E-state index contributed by atoms with van der Waals surface area (Å²) in [6.07, 6.45) is 3.84. The number of amides is 1. The molecule has 2 unspecified atom stereocenters. The first kappa shape index (κ1) is 14.5. The molecule has 4 nitrogen and oxygen atoms in total. The second kappa shape index (κ2) is 6.36. The van der Waals surface area contributed by atoms with Gasteiger partial charge in [0.05, 0.1) is 12.6 Å². The Morgan fingerprint density at radius 1 is 1.29 bits per heavy atom. The molecule has 0 aliphatic heterocycles. The maximum atomic E-state index is 11.9. The number of likely N-dealkylation sites (N-methyl/N-ethyl adjacent to an activating group) is 2. The SMILES string of the molecule is CC(C)N(C)C(=O)CN(C)C1CCCCC1O. The van der Waals surface area contributed by atoms with Crippen molar-refractivity contribution in [3.63, 3.8) is 0 Å². The first-order valence-electron chi connectivity index (χ1n) is 6.57. The van der Waals surface area contributed by atoms with Crippen molar-refractivity contribution in [1.29, 1.82) is 0 Å². The molecule has 1 aliphatic carbocycles. The molecule has 4 heteroatoms. The zero-order valence-corrected chi connectivity index (χ0v) is 11.5. The smallest absolute Gasteiger partial charge is 0.236 e. The van der Waals surface area contributed by atoms with Gasteiger partial charge in [-0.15, -0.1) is 0 Å². The van der Waals surface area contributed by atoms with Crippen LogP contribution >= 0.6 is 0 Å². The Morgan fingerprint density at radius 3 is 2.41 bits per heavy atom. The molecule has 0 aromatic heterocycles. The van der Waals surface area contributed by atoms with Crippen LogP contribution < -0.4 is 0 Å². The molecule has 0 bridgehead atoms. The molecule has 0 aromatic rings. The van der Waals surface area contributed by atoms with Gasteiger partial charge in [0.25, 0.3) is 0 Å². The molecule has 1 fully saturated rings. The van der Waals surface area contributed by atoms with Crippen molar-refractivity contribution in [2.24, 2.45) is 0 Å². The van der Waals surface area contributed by atoms with Crippen LogP contribution in [0.25, 0.3) is 0 Å². The Labute approximate surface area is 105 Å². The van der Waals surface area contributed by atoms with Gasteiger partial charge in [0.1, 0.15) is 0 Å². The van der Waals surface area contributed by atoms with Gasteiger partial charge in [-0.3, -0.25) is 9.69 Å². The monoisotopic (exact) mass is 242 g/mol. The van der Waals surface area contributed by atoms with E-state index >= 15 is 0 Å². The quantitative estimate of drug-likeness (QED) is 0.802. The highest BCUT2D eigenvalue weighted by molar-refractivity contribution is 5.78. The van der Waals surface area contributed by atoms with Gasteiger partial charge in [0.15, 0.2) is 0 Å². The van der Waals surface area contributed by atoms with Crippen molar-refractivity contribution < 1.29 is 9.90 Å². The van der Waals surface area contributed by atoms with Gasteiger partial charge in [-0.25, -0.2) is 0 Å². The number of aliphatic hydroxyl groups excluding tert-OH is 1. The van der Waals surface area contributed by atoms with Crippen LogP contribution in [0.2, 0.25) is 0 Å². The summed E-state index contributed by atoms with van der Waals surface area (Å²) in [7, 11) is 3.77. The van der Waals surface area contributed by atoms with E-state index in [0.29, 0.717) is 6.54 Å². The lowest BCUT2D eigenvalue weighted by molar-refractivity contribution is -0.133. The average molecular weight is 242 g/mol. The van der Waals surface area contributed by atoms with E-state index in [9.17, 15) is 9.90 Å². The molecule has 0 radical (unpaired) electrons. The second-order valence-electron chi connectivity index (χ2n) is 5.43. The van der Waals surface area contributed by atoms with E-state index in [0.717, 1.165) is 25.7 Å². The Kier molecular flexibility index (Phi) is 5.40. The Bertz CT molecular complexity index is 256. The Morgan fingerprint density at radius 2 is 1.88 bits per heavy atom. The first-order valence-corrected chi connectivity index (χ1v) is 6.57. The molecule has 1 saturated carbocycles.